The van der Waals surface area contributed by atoms with E-state index >= 15 is 0 Å². The van der Waals surface area contributed by atoms with Crippen LogP contribution in [0.2, 0.25) is 0 Å². The summed E-state index contributed by atoms with van der Waals surface area (Å²) < 4.78 is 42.4. The zero-order valence-corrected chi connectivity index (χ0v) is 16.8. The molecule has 0 saturated carbocycles. The quantitative estimate of drug-likeness (QED) is 0.464. The van der Waals surface area contributed by atoms with Crippen molar-refractivity contribution in [1.82, 2.24) is 5.32 Å². The van der Waals surface area contributed by atoms with Crippen LogP contribution >= 0.6 is 36.2 Å². The average Bonchev–Trinajstić information content (AvgIpc) is 2.94. The largest absolute Gasteiger partial charge is 0.573 e. The van der Waals surface area contributed by atoms with Crippen molar-refractivity contribution in [2.24, 2.45) is 0 Å². The third-order valence-corrected chi connectivity index (χ3v) is 5.74. The van der Waals surface area contributed by atoms with Crippen LogP contribution in [0.5, 0.6) is 5.75 Å². The molecule has 9 heteroatoms. The molecule has 1 fully saturated rings. The highest BCUT2D eigenvalue weighted by atomic mass is 32.2. The number of benzene rings is 2. The fourth-order valence-corrected chi connectivity index (χ4v) is 4.81. The van der Waals surface area contributed by atoms with Gasteiger partial charge < -0.3 is 15.4 Å². The molecule has 0 aromatic heterocycles. The Balaban J connectivity index is 2.04. The van der Waals surface area contributed by atoms with Gasteiger partial charge in [-0.2, -0.15) is 0 Å². The van der Waals surface area contributed by atoms with E-state index in [1.807, 2.05) is 24.3 Å². The molecule has 1 unspecified atom stereocenters. The molecule has 146 valence electrons. The van der Waals surface area contributed by atoms with Crippen molar-refractivity contribution in [1.29, 1.82) is 0 Å². The van der Waals surface area contributed by atoms with Crippen LogP contribution in [0.15, 0.2) is 61.2 Å². The molecule has 0 aliphatic carbocycles. The van der Waals surface area contributed by atoms with Gasteiger partial charge in [-0.05, 0) is 35.4 Å². The van der Waals surface area contributed by atoms with Crippen molar-refractivity contribution in [3.8, 4) is 5.75 Å². The lowest BCUT2D eigenvalue weighted by Gasteiger charge is -2.31. The van der Waals surface area contributed by atoms with Gasteiger partial charge >= 0.3 is 6.36 Å². The van der Waals surface area contributed by atoms with Gasteiger partial charge in [0.15, 0.2) is 0 Å². The summed E-state index contributed by atoms with van der Waals surface area (Å²) in [6.07, 6.45) is -3.01. The molecule has 3 rings (SSSR count). The minimum absolute atomic E-state index is 0.299. The van der Waals surface area contributed by atoms with Gasteiger partial charge in [0.25, 0.3) is 0 Å². The van der Waals surface area contributed by atoms with E-state index in [4.69, 9.17) is 24.4 Å². The zero-order valence-electron chi connectivity index (χ0n) is 14.4. The maximum absolute atomic E-state index is 12.5. The predicted octanol–water partition coefficient (Wildman–Crippen LogP) is 5.38. The number of rotatable bonds is 6. The van der Waals surface area contributed by atoms with E-state index in [1.54, 1.807) is 18.2 Å². The van der Waals surface area contributed by atoms with Crippen LogP contribution in [0, 0.1) is 0 Å². The van der Waals surface area contributed by atoms with Gasteiger partial charge in [0.05, 0.1) is 4.20 Å². The minimum atomic E-state index is -4.75. The van der Waals surface area contributed by atoms with E-state index in [-0.39, 0.29) is 5.75 Å². The summed E-state index contributed by atoms with van der Waals surface area (Å²) in [6, 6.07) is 13.2. The van der Waals surface area contributed by atoms with Crippen LogP contribution in [0.4, 0.5) is 18.9 Å². The molecule has 0 radical (unpaired) electrons. The zero-order chi connectivity index (χ0) is 20.4. The molecular formula is C19H15F3N2OS3. The lowest BCUT2D eigenvalue weighted by atomic mass is 9.84. The Morgan fingerprint density at radius 2 is 1.86 bits per heavy atom. The summed E-state index contributed by atoms with van der Waals surface area (Å²) in [4.78, 5) is 0. The maximum Gasteiger partial charge on any atom is 0.573 e. The minimum Gasteiger partial charge on any atom is -0.406 e. The molecule has 0 spiro atoms. The first kappa shape index (κ1) is 20.6. The number of thiocarbonyl (C=S) groups is 2. The first-order valence-electron chi connectivity index (χ1n) is 8.10. The molecule has 0 bridgehead atoms. The van der Waals surface area contributed by atoms with Crippen molar-refractivity contribution in [2.45, 2.75) is 11.9 Å². The molecule has 1 atom stereocenters. The van der Waals surface area contributed by atoms with E-state index in [2.05, 4.69) is 21.9 Å². The van der Waals surface area contributed by atoms with E-state index < -0.39 is 11.9 Å². The maximum atomic E-state index is 12.5. The van der Waals surface area contributed by atoms with Gasteiger partial charge in [-0.3, -0.25) is 0 Å². The molecule has 2 aromatic rings. The Hall–Kier alpha value is -2.10. The fraction of sp³-hybridized carbons (Fsp3) is 0.158. The number of halogens is 3. The van der Waals surface area contributed by atoms with Crippen LogP contribution in [-0.4, -0.2) is 21.4 Å². The normalized spacial score (nSPS) is 19.2. The first-order valence-corrected chi connectivity index (χ1v) is 9.74. The number of thioether (sulfide) groups is 1. The highest BCUT2D eigenvalue weighted by molar-refractivity contribution is 8.38. The van der Waals surface area contributed by atoms with Crippen LogP contribution < -0.4 is 15.4 Å². The highest BCUT2D eigenvalue weighted by Crippen LogP contribution is 2.42. The van der Waals surface area contributed by atoms with Crippen LogP contribution in [0.25, 0.3) is 0 Å². The van der Waals surface area contributed by atoms with E-state index in [1.165, 1.54) is 23.9 Å². The van der Waals surface area contributed by atoms with Crippen molar-refractivity contribution in [2.75, 3.05) is 11.9 Å². The summed E-state index contributed by atoms with van der Waals surface area (Å²) in [5.74, 6) is -0.299. The summed E-state index contributed by atoms with van der Waals surface area (Å²) >= 11 is 12.2. The Morgan fingerprint density at radius 1 is 1.14 bits per heavy atom. The van der Waals surface area contributed by atoms with Gasteiger partial charge in [-0.25, -0.2) is 0 Å². The Morgan fingerprint density at radius 3 is 2.43 bits per heavy atom. The summed E-state index contributed by atoms with van der Waals surface area (Å²) in [5.41, 5.74) is 1.42. The van der Waals surface area contributed by atoms with E-state index in [0.29, 0.717) is 20.6 Å². The van der Waals surface area contributed by atoms with Crippen molar-refractivity contribution in [3.63, 3.8) is 0 Å². The second kappa shape index (κ2) is 8.10. The lowest BCUT2D eigenvalue weighted by molar-refractivity contribution is -0.274. The standard InChI is InChI=1S/C19H15F3N2OS3/c1-2-10-23-14-5-3-4-13(11-14)18(16(26)28-17(27)24-18)12-6-8-15(9-7-12)25-19(20,21)22/h2-9,11,23H,1,10H2,(H,24,27). The highest BCUT2D eigenvalue weighted by Gasteiger charge is 2.45. The van der Waals surface area contributed by atoms with Gasteiger partial charge in [0.1, 0.15) is 15.6 Å². The number of ether oxygens (including phenoxy) is 1. The van der Waals surface area contributed by atoms with E-state index in [9.17, 15) is 13.2 Å². The lowest BCUT2D eigenvalue weighted by Crippen LogP contribution is -2.43. The van der Waals surface area contributed by atoms with Gasteiger partial charge in [0.2, 0.25) is 0 Å². The molecule has 2 aromatic carbocycles. The fourth-order valence-electron chi connectivity index (χ4n) is 2.90. The smallest absolute Gasteiger partial charge is 0.406 e. The second-order valence-electron chi connectivity index (χ2n) is 5.87. The van der Waals surface area contributed by atoms with Crippen LogP contribution in [0.1, 0.15) is 11.1 Å². The Kier molecular flexibility index (Phi) is 5.97. The molecule has 1 saturated heterocycles. The first-order chi connectivity index (χ1) is 13.2. The van der Waals surface area contributed by atoms with Gasteiger partial charge in [0, 0.05) is 12.2 Å². The summed E-state index contributed by atoms with van der Waals surface area (Å²) in [5, 5.41) is 6.46. The SMILES string of the molecule is C=CCNc1cccc(C2(c3ccc(OC(F)(F)F)cc3)NC(=S)SC2=S)c1. The van der Waals surface area contributed by atoms with Crippen LogP contribution in [0.3, 0.4) is 0 Å². The van der Waals surface area contributed by atoms with Crippen molar-refractivity contribution >= 4 is 50.4 Å². The summed E-state index contributed by atoms with van der Waals surface area (Å²) in [7, 11) is 0. The molecule has 2 N–H and O–H groups in total. The van der Waals surface area contributed by atoms with Gasteiger partial charge in [-0.1, -0.05) is 66.5 Å². The predicted molar refractivity (Wildman–Crippen MR) is 115 cm³/mol. The summed E-state index contributed by atoms with van der Waals surface area (Å²) in [6.45, 7) is 4.27. The van der Waals surface area contributed by atoms with E-state index in [0.717, 1.165) is 11.3 Å². The number of hydrogen-bond acceptors (Lipinski definition) is 5. The number of hydrogen-bond donors (Lipinski definition) is 2. The molecule has 1 heterocycles. The average molecular weight is 441 g/mol. The number of nitrogens with one attached hydrogen (secondary N) is 2. The van der Waals surface area contributed by atoms with Crippen molar-refractivity contribution < 1.29 is 17.9 Å². The molecular weight excluding hydrogens is 425 g/mol. The molecule has 0 amide bonds. The Labute approximate surface area is 175 Å². The third kappa shape index (κ3) is 4.31. The number of alkyl halides is 3. The molecule has 3 nitrogen and oxygen atoms in total. The van der Waals surface area contributed by atoms with Crippen LogP contribution in [-0.2, 0) is 5.54 Å². The topological polar surface area (TPSA) is 33.3 Å². The third-order valence-electron chi connectivity index (χ3n) is 4.05. The van der Waals surface area contributed by atoms with Crippen molar-refractivity contribution in [3.05, 3.63) is 72.3 Å². The molecule has 1 aliphatic heterocycles. The molecule has 28 heavy (non-hydrogen) atoms. The number of anilines is 1. The monoisotopic (exact) mass is 440 g/mol. The van der Waals surface area contributed by atoms with Gasteiger partial charge in [-0.15, -0.1) is 19.8 Å². The Bertz CT molecular complexity index is 915. The molecule has 1 aliphatic rings. The second-order valence-corrected chi connectivity index (χ2v) is 8.23.